The van der Waals surface area contributed by atoms with Crippen LogP contribution in [0.1, 0.15) is 18.7 Å². The Morgan fingerprint density at radius 1 is 1.42 bits per heavy atom. The van der Waals surface area contributed by atoms with Crippen molar-refractivity contribution in [2.45, 2.75) is 13.0 Å². The van der Waals surface area contributed by atoms with Crippen LogP contribution in [-0.2, 0) is 9.53 Å². The van der Waals surface area contributed by atoms with E-state index in [-0.39, 0.29) is 6.61 Å². The van der Waals surface area contributed by atoms with Gasteiger partial charge in [-0.1, -0.05) is 30.3 Å². The summed E-state index contributed by atoms with van der Waals surface area (Å²) in [5.74, 6) is -0.664. The molecule has 98 valence electrons. The minimum absolute atomic E-state index is 0.209. The van der Waals surface area contributed by atoms with Crippen LogP contribution in [0.15, 0.2) is 40.9 Å². The quantitative estimate of drug-likeness (QED) is 0.621. The van der Waals surface area contributed by atoms with Gasteiger partial charge in [-0.15, -0.1) is 16.2 Å². The second-order valence-electron chi connectivity index (χ2n) is 3.70. The first-order valence-corrected chi connectivity index (χ1v) is 6.64. The monoisotopic (exact) mass is 276 g/mol. The summed E-state index contributed by atoms with van der Waals surface area (Å²) in [4.78, 5) is 26.6. The van der Waals surface area contributed by atoms with Gasteiger partial charge in [-0.2, -0.15) is 0 Å². The van der Waals surface area contributed by atoms with Crippen molar-refractivity contribution in [1.82, 2.24) is 4.98 Å². The summed E-state index contributed by atoms with van der Waals surface area (Å²) in [5, 5.41) is 5.21. The first kappa shape index (κ1) is 13.4. The highest BCUT2D eigenvalue weighted by Crippen LogP contribution is 2.27. The van der Waals surface area contributed by atoms with E-state index in [1.54, 1.807) is 12.3 Å². The van der Waals surface area contributed by atoms with Crippen molar-refractivity contribution < 1.29 is 9.53 Å². The molecule has 0 amide bonds. The molecule has 2 aromatic rings. The fraction of sp³-hybridized carbons (Fsp3) is 0.231. The molecule has 6 heteroatoms. The Kier molecular flexibility index (Phi) is 4.35. The Morgan fingerprint density at radius 3 is 2.79 bits per heavy atom. The van der Waals surface area contributed by atoms with Gasteiger partial charge in [0.15, 0.2) is 0 Å². The number of carbonyl (C=O) groups is 1. The van der Waals surface area contributed by atoms with Gasteiger partial charge in [-0.3, -0.25) is 0 Å². The SMILES string of the molecule is CCOC(=O)C(N=O)c1csc(-c2ccccc2)n1. The molecule has 0 fully saturated rings. The van der Waals surface area contributed by atoms with Gasteiger partial charge in [0.25, 0.3) is 0 Å². The number of nitroso groups, excluding NO2 is 1. The summed E-state index contributed by atoms with van der Waals surface area (Å²) >= 11 is 1.36. The molecule has 19 heavy (non-hydrogen) atoms. The van der Waals surface area contributed by atoms with Crippen molar-refractivity contribution in [1.29, 1.82) is 0 Å². The van der Waals surface area contributed by atoms with Crippen LogP contribution in [0.4, 0.5) is 0 Å². The summed E-state index contributed by atoms with van der Waals surface area (Å²) in [6.45, 7) is 1.89. The van der Waals surface area contributed by atoms with Crippen molar-refractivity contribution >= 4 is 17.3 Å². The number of carbonyl (C=O) groups excluding carboxylic acids is 1. The average Bonchev–Trinajstić information content (AvgIpc) is 2.90. The molecule has 1 heterocycles. The number of rotatable bonds is 5. The van der Waals surface area contributed by atoms with Crippen molar-refractivity contribution in [2.75, 3.05) is 6.61 Å². The largest absolute Gasteiger partial charge is 0.464 e. The van der Waals surface area contributed by atoms with E-state index in [2.05, 4.69) is 10.2 Å². The van der Waals surface area contributed by atoms with E-state index in [0.29, 0.717) is 5.69 Å². The van der Waals surface area contributed by atoms with Crippen LogP contribution in [0.3, 0.4) is 0 Å². The Morgan fingerprint density at radius 2 is 2.16 bits per heavy atom. The minimum Gasteiger partial charge on any atom is -0.464 e. The fourth-order valence-electron chi connectivity index (χ4n) is 1.56. The zero-order valence-electron chi connectivity index (χ0n) is 10.3. The topological polar surface area (TPSA) is 68.6 Å². The number of hydrogen-bond donors (Lipinski definition) is 0. The van der Waals surface area contributed by atoms with Gasteiger partial charge in [0.1, 0.15) is 5.01 Å². The molecule has 1 atom stereocenters. The lowest BCUT2D eigenvalue weighted by atomic mass is 10.2. The smallest absolute Gasteiger partial charge is 0.340 e. The van der Waals surface area contributed by atoms with E-state index >= 15 is 0 Å². The van der Waals surface area contributed by atoms with E-state index < -0.39 is 12.0 Å². The molecule has 2 rings (SSSR count). The third kappa shape index (κ3) is 3.03. The van der Waals surface area contributed by atoms with Gasteiger partial charge in [-0.05, 0) is 12.1 Å². The van der Waals surface area contributed by atoms with Crippen LogP contribution in [-0.4, -0.2) is 17.6 Å². The lowest BCUT2D eigenvalue weighted by Gasteiger charge is -2.04. The number of nitrogens with zero attached hydrogens (tertiary/aromatic N) is 2. The maximum atomic E-state index is 11.6. The second kappa shape index (κ2) is 6.19. The van der Waals surface area contributed by atoms with Crippen molar-refractivity contribution in [2.24, 2.45) is 5.18 Å². The highest BCUT2D eigenvalue weighted by molar-refractivity contribution is 7.13. The summed E-state index contributed by atoms with van der Waals surface area (Å²) in [7, 11) is 0. The lowest BCUT2D eigenvalue weighted by molar-refractivity contribution is -0.144. The number of benzene rings is 1. The van der Waals surface area contributed by atoms with Crippen LogP contribution in [0, 0.1) is 4.91 Å². The summed E-state index contributed by atoms with van der Waals surface area (Å²) in [5.41, 5.74) is 1.27. The molecular formula is C13H12N2O3S. The Hall–Kier alpha value is -2.08. The Labute approximate surface area is 114 Å². The third-order valence-corrected chi connectivity index (χ3v) is 3.35. The third-order valence-electron chi connectivity index (χ3n) is 2.44. The van der Waals surface area contributed by atoms with E-state index in [4.69, 9.17) is 4.74 Å². The van der Waals surface area contributed by atoms with Crippen LogP contribution >= 0.6 is 11.3 Å². The molecule has 0 radical (unpaired) electrons. The van der Waals surface area contributed by atoms with Crippen molar-refractivity contribution in [3.8, 4) is 10.6 Å². The number of ether oxygens (including phenoxy) is 1. The van der Waals surface area contributed by atoms with Gasteiger partial charge >= 0.3 is 5.97 Å². The first-order chi connectivity index (χ1) is 9.26. The highest BCUT2D eigenvalue weighted by atomic mass is 32.1. The van der Waals surface area contributed by atoms with E-state index in [1.165, 1.54) is 11.3 Å². The number of esters is 1. The summed E-state index contributed by atoms with van der Waals surface area (Å²) in [6, 6.07) is 8.35. The van der Waals surface area contributed by atoms with Crippen molar-refractivity contribution in [3.05, 3.63) is 46.3 Å². The molecular weight excluding hydrogens is 264 g/mol. The lowest BCUT2D eigenvalue weighted by Crippen LogP contribution is -2.14. The number of hydrogen-bond acceptors (Lipinski definition) is 6. The van der Waals surface area contributed by atoms with Gasteiger partial charge in [0.2, 0.25) is 6.04 Å². The minimum atomic E-state index is -1.19. The normalized spacial score (nSPS) is 11.8. The Balaban J connectivity index is 2.25. The van der Waals surface area contributed by atoms with Crippen molar-refractivity contribution in [3.63, 3.8) is 0 Å². The van der Waals surface area contributed by atoms with E-state index in [9.17, 15) is 9.70 Å². The standard InChI is InChI=1S/C13H12N2O3S/c1-2-18-13(16)11(15-17)10-8-19-12(14-10)9-6-4-3-5-7-9/h3-8,11H,2H2,1H3. The van der Waals surface area contributed by atoms with Gasteiger partial charge in [0, 0.05) is 10.9 Å². The summed E-state index contributed by atoms with van der Waals surface area (Å²) in [6.07, 6.45) is 0. The number of aromatic nitrogens is 1. The van der Waals surface area contributed by atoms with Crippen LogP contribution in [0.5, 0.6) is 0 Å². The molecule has 0 aliphatic rings. The van der Waals surface area contributed by atoms with Crippen LogP contribution in [0.25, 0.3) is 10.6 Å². The fourth-order valence-corrected chi connectivity index (χ4v) is 2.41. The van der Waals surface area contributed by atoms with E-state index in [0.717, 1.165) is 10.6 Å². The molecule has 5 nitrogen and oxygen atoms in total. The molecule has 0 saturated heterocycles. The Bertz CT molecular complexity index is 568. The highest BCUT2D eigenvalue weighted by Gasteiger charge is 2.25. The average molecular weight is 276 g/mol. The summed E-state index contributed by atoms with van der Waals surface area (Å²) < 4.78 is 4.80. The predicted molar refractivity (Wildman–Crippen MR) is 72.7 cm³/mol. The second-order valence-corrected chi connectivity index (χ2v) is 4.56. The van der Waals surface area contributed by atoms with Crippen LogP contribution < -0.4 is 0 Å². The van der Waals surface area contributed by atoms with Crippen LogP contribution in [0.2, 0.25) is 0 Å². The maximum Gasteiger partial charge on any atom is 0.340 e. The molecule has 1 unspecified atom stereocenters. The van der Waals surface area contributed by atoms with Gasteiger partial charge in [-0.25, -0.2) is 9.78 Å². The van der Waals surface area contributed by atoms with E-state index in [1.807, 2.05) is 30.3 Å². The molecule has 0 saturated carbocycles. The van der Waals surface area contributed by atoms with Gasteiger partial charge in [0.05, 0.1) is 12.3 Å². The first-order valence-electron chi connectivity index (χ1n) is 5.76. The molecule has 0 spiro atoms. The molecule has 0 bridgehead atoms. The zero-order chi connectivity index (χ0) is 13.7. The zero-order valence-corrected chi connectivity index (χ0v) is 11.1. The van der Waals surface area contributed by atoms with Gasteiger partial charge < -0.3 is 4.74 Å². The predicted octanol–water partition coefficient (Wildman–Crippen LogP) is 3.18. The maximum absolute atomic E-state index is 11.6. The molecule has 1 aromatic carbocycles. The number of thiazole rings is 1. The molecule has 1 aromatic heterocycles. The molecule has 0 aliphatic carbocycles. The molecule has 0 N–H and O–H groups in total. The molecule has 0 aliphatic heterocycles.